The molecule has 0 spiro atoms. The zero-order valence-corrected chi connectivity index (χ0v) is 20.3. The zero-order chi connectivity index (χ0) is 24.0. The van der Waals surface area contributed by atoms with Crippen LogP contribution in [0.15, 0.2) is 59.8 Å². The second-order valence-electron chi connectivity index (χ2n) is 7.26. The lowest BCUT2D eigenvalue weighted by Crippen LogP contribution is -2.47. The lowest BCUT2D eigenvalue weighted by molar-refractivity contribution is -0.139. The molecule has 0 saturated carbocycles. The Morgan fingerprint density at radius 2 is 1.91 bits per heavy atom. The van der Waals surface area contributed by atoms with E-state index in [2.05, 4.69) is 10.6 Å². The molecule has 9 heteroatoms. The quantitative estimate of drug-likeness (QED) is 0.420. The first kappa shape index (κ1) is 24.5. The molecule has 1 aliphatic rings. The van der Waals surface area contributed by atoms with Gasteiger partial charge in [0.2, 0.25) is 0 Å². The summed E-state index contributed by atoms with van der Waals surface area (Å²) in [5, 5.41) is 7.17. The van der Waals surface area contributed by atoms with E-state index in [-0.39, 0.29) is 19.1 Å². The molecule has 0 bridgehead atoms. The fourth-order valence-corrected chi connectivity index (χ4v) is 4.07. The van der Waals surface area contributed by atoms with Crippen molar-refractivity contribution >= 4 is 46.5 Å². The number of nitrogens with zero attached hydrogens (tertiary/aromatic N) is 1. The van der Waals surface area contributed by atoms with Gasteiger partial charge in [0.05, 0.1) is 18.2 Å². The highest BCUT2D eigenvalue weighted by Crippen LogP contribution is 2.32. The number of hydrogen-bond donors (Lipinski definition) is 2. The van der Waals surface area contributed by atoms with Gasteiger partial charge < -0.3 is 25.0 Å². The van der Waals surface area contributed by atoms with Crippen molar-refractivity contribution in [1.82, 2.24) is 10.2 Å². The lowest BCUT2D eigenvalue weighted by atomic mass is 9.94. The van der Waals surface area contributed by atoms with Crippen molar-refractivity contribution in [2.45, 2.75) is 26.8 Å². The first-order valence-corrected chi connectivity index (χ1v) is 11.4. The Kier molecular flexibility index (Phi) is 8.30. The van der Waals surface area contributed by atoms with Gasteiger partial charge in [-0.05, 0) is 75.0 Å². The Morgan fingerprint density at radius 3 is 2.58 bits per heavy atom. The highest BCUT2D eigenvalue weighted by atomic mass is 35.5. The van der Waals surface area contributed by atoms with Crippen LogP contribution in [-0.4, -0.2) is 41.6 Å². The molecule has 33 heavy (non-hydrogen) atoms. The van der Waals surface area contributed by atoms with E-state index in [1.807, 2.05) is 24.8 Å². The number of ether oxygens (including phenoxy) is 2. The molecule has 0 saturated heterocycles. The van der Waals surface area contributed by atoms with Gasteiger partial charge in [0.15, 0.2) is 11.7 Å². The predicted molar refractivity (Wildman–Crippen MR) is 132 cm³/mol. The summed E-state index contributed by atoms with van der Waals surface area (Å²) in [5.41, 5.74) is 2.58. The fraction of sp³-hybridized carbons (Fsp3) is 0.292. The Balaban J connectivity index is 1.78. The van der Waals surface area contributed by atoms with Gasteiger partial charge in [-0.1, -0.05) is 23.7 Å². The Bertz CT molecular complexity index is 1070. The molecule has 1 atom stereocenters. The summed E-state index contributed by atoms with van der Waals surface area (Å²) in [6, 6.07) is 13.5. The van der Waals surface area contributed by atoms with Gasteiger partial charge >= 0.3 is 5.97 Å². The third-order valence-corrected chi connectivity index (χ3v) is 5.69. The van der Waals surface area contributed by atoms with E-state index in [1.165, 1.54) is 0 Å². The molecule has 0 aliphatic carbocycles. The molecule has 0 fully saturated rings. The second-order valence-corrected chi connectivity index (χ2v) is 8.09. The van der Waals surface area contributed by atoms with Crippen molar-refractivity contribution in [3.05, 3.63) is 70.4 Å². The van der Waals surface area contributed by atoms with Gasteiger partial charge in [-0.3, -0.25) is 4.79 Å². The number of hydrogen-bond acceptors (Lipinski definition) is 5. The molecule has 1 unspecified atom stereocenters. The maximum absolute atomic E-state index is 12.8. The summed E-state index contributed by atoms with van der Waals surface area (Å²) in [4.78, 5) is 27.0. The van der Waals surface area contributed by atoms with Crippen LogP contribution in [0.4, 0.5) is 5.69 Å². The summed E-state index contributed by atoms with van der Waals surface area (Å²) in [5.74, 6) is -0.175. The molecule has 1 heterocycles. The molecule has 0 radical (unpaired) electrons. The topological polar surface area (TPSA) is 79.9 Å². The van der Waals surface area contributed by atoms with Gasteiger partial charge in [-0.25, -0.2) is 4.79 Å². The van der Waals surface area contributed by atoms with E-state index in [0.717, 1.165) is 11.3 Å². The Hall–Kier alpha value is -3.10. The van der Waals surface area contributed by atoms with Crippen molar-refractivity contribution < 1.29 is 19.1 Å². The average molecular weight is 488 g/mol. The molecule has 2 aromatic rings. The SMILES string of the molecule is CCOC(=O)C1=C(C)N(CC)C(=S)NC1c1cccc(NC(=O)COc2ccc(Cl)cc2)c1. The molecule has 2 N–H and O–H groups in total. The number of carbonyl (C=O) groups is 2. The second kappa shape index (κ2) is 11.2. The molecule has 7 nitrogen and oxygen atoms in total. The van der Waals surface area contributed by atoms with Gasteiger partial charge in [-0.2, -0.15) is 0 Å². The van der Waals surface area contributed by atoms with Crippen LogP contribution >= 0.6 is 23.8 Å². The highest BCUT2D eigenvalue weighted by Gasteiger charge is 2.34. The molecule has 3 rings (SSSR count). The van der Waals surface area contributed by atoms with E-state index in [4.69, 9.17) is 33.3 Å². The van der Waals surface area contributed by atoms with Crippen molar-refractivity contribution in [3.63, 3.8) is 0 Å². The van der Waals surface area contributed by atoms with Crippen LogP contribution < -0.4 is 15.4 Å². The number of nitrogens with one attached hydrogen (secondary N) is 2. The number of carbonyl (C=O) groups excluding carboxylic acids is 2. The molecule has 0 aromatic heterocycles. The molecular weight excluding hydrogens is 462 g/mol. The standard InChI is InChI=1S/C24H26ClN3O4S/c1-4-28-15(3)21(23(30)31-5-2)22(27-24(28)33)16-7-6-8-18(13-16)26-20(29)14-32-19-11-9-17(25)10-12-19/h6-13,22H,4-5,14H2,1-3H3,(H,26,29)(H,27,33). The third-order valence-electron chi connectivity index (χ3n) is 5.10. The normalized spacial score (nSPS) is 15.7. The number of allylic oxidation sites excluding steroid dienone is 1. The van der Waals surface area contributed by atoms with Crippen LogP contribution in [0.25, 0.3) is 0 Å². The van der Waals surface area contributed by atoms with Gasteiger partial charge in [0.1, 0.15) is 5.75 Å². The average Bonchev–Trinajstić information content (AvgIpc) is 2.79. The third kappa shape index (κ3) is 6.03. The Morgan fingerprint density at radius 1 is 1.18 bits per heavy atom. The fourth-order valence-electron chi connectivity index (χ4n) is 3.56. The largest absolute Gasteiger partial charge is 0.484 e. The number of esters is 1. The van der Waals surface area contributed by atoms with Gasteiger partial charge in [0.25, 0.3) is 5.91 Å². The maximum atomic E-state index is 12.8. The van der Waals surface area contributed by atoms with Crippen LogP contribution in [0.3, 0.4) is 0 Å². The minimum atomic E-state index is -0.499. The van der Waals surface area contributed by atoms with E-state index in [9.17, 15) is 9.59 Å². The number of halogens is 1. The number of benzene rings is 2. The van der Waals surface area contributed by atoms with Crippen molar-refractivity contribution in [1.29, 1.82) is 0 Å². The maximum Gasteiger partial charge on any atom is 0.338 e. The number of amides is 1. The van der Waals surface area contributed by atoms with Gasteiger partial charge in [-0.15, -0.1) is 0 Å². The minimum absolute atomic E-state index is 0.157. The zero-order valence-electron chi connectivity index (χ0n) is 18.7. The molecule has 174 valence electrons. The van der Waals surface area contributed by atoms with Gasteiger partial charge in [0, 0.05) is 23.0 Å². The predicted octanol–water partition coefficient (Wildman–Crippen LogP) is 4.45. The molecule has 1 aliphatic heterocycles. The molecule has 2 aromatic carbocycles. The van der Waals surface area contributed by atoms with Crippen LogP contribution in [0.1, 0.15) is 32.4 Å². The smallest absolute Gasteiger partial charge is 0.338 e. The Labute approximate surface area is 203 Å². The molecule has 1 amide bonds. The van der Waals surface area contributed by atoms with Crippen LogP contribution in [-0.2, 0) is 14.3 Å². The number of rotatable bonds is 8. The van der Waals surface area contributed by atoms with Crippen LogP contribution in [0, 0.1) is 0 Å². The molecular formula is C24H26ClN3O4S. The monoisotopic (exact) mass is 487 g/mol. The minimum Gasteiger partial charge on any atom is -0.484 e. The number of anilines is 1. The van der Waals surface area contributed by atoms with E-state index >= 15 is 0 Å². The summed E-state index contributed by atoms with van der Waals surface area (Å²) >= 11 is 11.4. The van der Waals surface area contributed by atoms with E-state index in [0.29, 0.717) is 33.7 Å². The van der Waals surface area contributed by atoms with E-state index < -0.39 is 12.0 Å². The number of thiocarbonyl (C=S) groups is 1. The van der Waals surface area contributed by atoms with Crippen LogP contribution in [0.5, 0.6) is 5.75 Å². The summed E-state index contributed by atoms with van der Waals surface area (Å²) in [6.07, 6.45) is 0. The first-order chi connectivity index (χ1) is 15.8. The highest BCUT2D eigenvalue weighted by molar-refractivity contribution is 7.80. The summed E-state index contributed by atoms with van der Waals surface area (Å²) in [6.45, 7) is 6.32. The lowest BCUT2D eigenvalue weighted by Gasteiger charge is -2.37. The van der Waals surface area contributed by atoms with E-state index in [1.54, 1.807) is 49.4 Å². The van der Waals surface area contributed by atoms with Crippen LogP contribution in [0.2, 0.25) is 5.02 Å². The van der Waals surface area contributed by atoms with Crippen molar-refractivity contribution in [2.75, 3.05) is 25.1 Å². The first-order valence-electron chi connectivity index (χ1n) is 10.6. The van der Waals surface area contributed by atoms with Crippen molar-refractivity contribution in [3.8, 4) is 5.75 Å². The van der Waals surface area contributed by atoms with Crippen molar-refractivity contribution in [2.24, 2.45) is 0 Å². The summed E-state index contributed by atoms with van der Waals surface area (Å²) < 4.78 is 10.8. The summed E-state index contributed by atoms with van der Waals surface area (Å²) in [7, 11) is 0.